The lowest BCUT2D eigenvalue weighted by Crippen LogP contribution is -2.33. The standard InChI is InChI=1S/C18H18N2O2/c1-13(10-11-21)20-18(22)17-9-5-4-8-16(17)15-7-3-2-6-14(15)12-19/h2-9,13,21H,10-11H2,1H3,(H,20,22). The SMILES string of the molecule is CC(CCO)NC(=O)c1ccccc1-c1ccccc1C#N. The molecule has 0 radical (unpaired) electrons. The van der Waals surface area contributed by atoms with Crippen LogP contribution in [0, 0.1) is 11.3 Å². The molecule has 0 aliphatic heterocycles. The number of carbonyl (C=O) groups excluding carboxylic acids is 1. The van der Waals surface area contributed by atoms with Gasteiger partial charge in [0.15, 0.2) is 0 Å². The van der Waals surface area contributed by atoms with E-state index in [0.29, 0.717) is 17.5 Å². The molecule has 2 rings (SSSR count). The Morgan fingerprint density at radius 3 is 2.50 bits per heavy atom. The number of nitrogens with one attached hydrogen (secondary N) is 1. The van der Waals surface area contributed by atoms with Gasteiger partial charge in [-0.25, -0.2) is 0 Å². The number of amides is 1. The molecule has 1 amide bonds. The maximum Gasteiger partial charge on any atom is 0.252 e. The van der Waals surface area contributed by atoms with E-state index in [1.807, 2.05) is 31.2 Å². The van der Waals surface area contributed by atoms with E-state index in [1.165, 1.54) is 0 Å². The van der Waals surface area contributed by atoms with Crippen molar-refractivity contribution < 1.29 is 9.90 Å². The predicted octanol–water partition coefficient (Wildman–Crippen LogP) is 2.73. The van der Waals surface area contributed by atoms with Gasteiger partial charge in [0.2, 0.25) is 0 Å². The van der Waals surface area contributed by atoms with Crippen molar-refractivity contribution in [2.75, 3.05) is 6.61 Å². The van der Waals surface area contributed by atoms with Crippen molar-refractivity contribution in [2.45, 2.75) is 19.4 Å². The van der Waals surface area contributed by atoms with Crippen LogP contribution in [0.15, 0.2) is 48.5 Å². The number of hydrogen-bond acceptors (Lipinski definition) is 3. The molecule has 0 saturated carbocycles. The minimum Gasteiger partial charge on any atom is -0.396 e. The van der Waals surface area contributed by atoms with Crippen LogP contribution in [0.3, 0.4) is 0 Å². The zero-order chi connectivity index (χ0) is 15.9. The number of carbonyl (C=O) groups is 1. The quantitative estimate of drug-likeness (QED) is 0.890. The third-order valence-corrected chi connectivity index (χ3v) is 3.45. The molecule has 2 aromatic rings. The number of hydrogen-bond donors (Lipinski definition) is 2. The Bertz CT molecular complexity index is 704. The molecule has 4 heteroatoms. The summed E-state index contributed by atoms with van der Waals surface area (Å²) in [5, 5.41) is 21.0. The second-order valence-corrected chi connectivity index (χ2v) is 5.09. The number of rotatable bonds is 5. The van der Waals surface area contributed by atoms with E-state index in [9.17, 15) is 10.1 Å². The largest absolute Gasteiger partial charge is 0.396 e. The van der Waals surface area contributed by atoms with Gasteiger partial charge in [0.1, 0.15) is 0 Å². The van der Waals surface area contributed by atoms with E-state index in [1.54, 1.807) is 24.3 Å². The van der Waals surface area contributed by atoms with E-state index in [0.717, 1.165) is 11.1 Å². The van der Waals surface area contributed by atoms with E-state index in [-0.39, 0.29) is 18.6 Å². The van der Waals surface area contributed by atoms with Crippen LogP contribution in [0.1, 0.15) is 29.3 Å². The van der Waals surface area contributed by atoms with Gasteiger partial charge < -0.3 is 10.4 Å². The van der Waals surface area contributed by atoms with Crippen LogP contribution in [0.2, 0.25) is 0 Å². The molecule has 0 aromatic heterocycles. The third kappa shape index (κ3) is 3.51. The van der Waals surface area contributed by atoms with Crippen LogP contribution in [-0.4, -0.2) is 23.7 Å². The first-order chi connectivity index (χ1) is 10.7. The highest BCUT2D eigenvalue weighted by molar-refractivity contribution is 6.01. The number of nitrogens with zero attached hydrogens (tertiary/aromatic N) is 1. The molecule has 22 heavy (non-hydrogen) atoms. The van der Waals surface area contributed by atoms with Crippen LogP contribution < -0.4 is 5.32 Å². The van der Waals surface area contributed by atoms with Crippen molar-refractivity contribution in [1.29, 1.82) is 5.26 Å². The van der Waals surface area contributed by atoms with Crippen LogP contribution in [-0.2, 0) is 0 Å². The van der Waals surface area contributed by atoms with Crippen molar-refractivity contribution >= 4 is 5.91 Å². The normalized spacial score (nSPS) is 11.5. The van der Waals surface area contributed by atoms with Crippen molar-refractivity contribution in [2.24, 2.45) is 0 Å². The molecule has 0 heterocycles. The molecule has 0 bridgehead atoms. The maximum absolute atomic E-state index is 12.4. The maximum atomic E-state index is 12.4. The van der Waals surface area contributed by atoms with Crippen molar-refractivity contribution in [3.8, 4) is 17.2 Å². The van der Waals surface area contributed by atoms with Gasteiger partial charge >= 0.3 is 0 Å². The summed E-state index contributed by atoms with van der Waals surface area (Å²) < 4.78 is 0. The summed E-state index contributed by atoms with van der Waals surface area (Å²) in [7, 11) is 0. The van der Waals surface area contributed by atoms with E-state index >= 15 is 0 Å². The van der Waals surface area contributed by atoms with Gasteiger partial charge in [-0.15, -0.1) is 0 Å². The Balaban J connectivity index is 2.39. The summed E-state index contributed by atoms with van der Waals surface area (Å²) in [6, 6.07) is 16.5. The molecule has 0 saturated heterocycles. The molecule has 0 fully saturated rings. The van der Waals surface area contributed by atoms with Gasteiger partial charge in [0, 0.05) is 23.8 Å². The van der Waals surface area contributed by atoms with Gasteiger partial charge in [-0.05, 0) is 31.0 Å². The molecule has 2 aromatic carbocycles. The summed E-state index contributed by atoms with van der Waals surface area (Å²) in [5.41, 5.74) is 2.53. The monoisotopic (exact) mass is 294 g/mol. The number of nitriles is 1. The zero-order valence-electron chi connectivity index (χ0n) is 12.4. The second kappa shape index (κ2) is 7.39. The molecular formula is C18H18N2O2. The van der Waals surface area contributed by atoms with Crippen molar-refractivity contribution in [1.82, 2.24) is 5.32 Å². The minimum absolute atomic E-state index is 0.0281. The summed E-state index contributed by atoms with van der Waals surface area (Å²) >= 11 is 0. The van der Waals surface area contributed by atoms with E-state index < -0.39 is 0 Å². The molecule has 4 nitrogen and oxygen atoms in total. The number of aliphatic hydroxyl groups is 1. The molecule has 2 N–H and O–H groups in total. The minimum atomic E-state index is -0.204. The van der Waals surface area contributed by atoms with E-state index in [2.05, 4.69) is 11.4 Å². The van der Waals surface area contributed by atoms with Crippen molar-refractivity contribution in [3.05, 3.63) is 59.7 Å². The molecule has 0 spiro atoms. The second-order valence-electron chi connectivity index (χ2n) is 5.09. The van der Waals surface area contributed by atoms with Gasteiger partial charge in [-0.1, -0.05) is 36.4 Å². The average Bonchev–Trinajstić information content (AvgIpc) is 2.55. The molecule has 1 atom stereocenters. The Hall–Kier alpha value is -2.64. The highest BCUT2D eigenvalue weighted by atomic mass is 16.3. The Labute approximate surface area is 130 Å². The van der Waals surface area contributed by atoms with Crippen LogP contribution in [0.5, 0.6) is 0 Å². The summed E-state index contributed by atoms with van der Waals surface area (Å²) in [4.78, 5) is 12.4. The summed E-state index contributed by atoms with van der Waals surface area (Å²) in [5.74, 6) is -0.204. The lowest BCUT2D eigenvalue weighted by Gasteiger charge is -2.15. The fourth-order valence-corrected chi connectivity index (χ4v) is 2.30. The first kappa shape index (κ1) is 15.7. The number of benzene rings is 2. The molecule has 0 aliphatic carbocycles. The predicted molar refractivity (Wildman–Crippen MR) is 85.2 cm³/mol. The number of aliphatic hydroxyl groups excluding tert-OH is 1. The lowest BCUT2D eigenvalue weighted by atomic mass is 9.95. The smallest absolute Gasteiger partial charge is 0.252 e. The summed E-state index contributed by atoms with van der Waals surface area (Å²) in [6.07, 6.45) is 0.503. The van der Waals surface area contributed by atoms with Gasteiger partial charge in [0.25, 0.3) is 5.91 Å². The fourth-order valence-electron chi connectivity index (χ4n) is 2.30. The Morgan fingerprint density at radius 1 is 1.18 bits per heavy atom. The topological polar surface area (TPSA) is 73.1 Å². The van der Waals surface area contributed by atoms with Gasteiger partial charge in [0.05, 0.1) is 11.6 Å². The Kier molecular flexibility index (Phi) is 5.29. The first-order valence-corrected chi connectivity index (χ1v) is 7.17. The molecule has 1 unspecified atom stereocenters. The Morgan fingerprint density at radius 2 is 1.82 bits per heavy atom. The van der Waals surface area contributed by atoms with Gasteiger partial charge in [-0.2, -0.15) is 5.26 Å². The third-order valence-electron chi connectivity index (χ3n) is 3.45. The van der Waals surface area contributed by atoms with Gasteiger partial charge in [-0.3, -0.25) is 4.79 Å². The lowest BCUT2D eigenvalue weighted by molar-refractivity contribution is 0.0935. The van der Waals surface area contributed by atoms with Crippen molar-refractivity contribution in [3.63, 3.8) is 0 Å². The zero-order valence-corrected chi connectivity index (χ0v) is 12.4. The van der Waals surface area contributed by atoms with Crippen LogP contribution in [0.4, 0.5) is 0 Å². The molecule has 0 aliphatic rings. The highest BCUT2D eigenvalue weighted by Crippen LogP contribution is 2.26. The average molecular weight is 294 g/mol. The first-order valence-electron chi connectivity index (χ1n) is 7.17. The summed E-state index contributed by atoms with van der Waals surface area (Å²) in [6.45, 7) is 1.88. The van der Waals surface area contributed by atoms with E-state index in [4.69, 9.17) is 5.11 Å². The van der Waals surface area contributed by atoms with Crippen LogP contribution in [0.25, 0.3) is 11.1 Å². The van der Waals surface area contributed by atoms with Crippen LogP contribution >= 0.6 is 0 Å². The molecule has 112 valence electrons. The molecular weight excluding hydrogens is 276 g/mol. The highest BCUT2D eigenvalue weighted by Gasteiger charge is 2.16. The fraction of sp³-hybridized carbons (Fsp3) is 0.222.